The number of nitrogens with zero attached hydrogens (tertiary/aromatic N) is 1. The first kappa shape index (κ1) is 12.5. The Labute approximate surface area is 115 Å². The molecule has 1 saturated heterocycles. The van der Waals surface area contributed by atoms with Gasteiger partial charge in [0.2, 0.25) is 0 Å². The molecule has 2 heterocycles. The molecule has 0 spiro atoms. The molecule has 88 valence electrons. The maximum atomic E-state index is 12.2. The lowest BCUT2D eigenvalue weighted by Gasteiger charge is -2.22. The number of carbonyl (C=O) groups is 1. The molecular formula is C10H11Br2NO2S. The fraction of sp³-hybridized carbons (Fsp3) is 0.500. The number of aliphatic hydroxyl groups is 1. The molecule has 3 nitrogen and oxygen atoms in total. The minimum Gasteiger partial charge on any atom is -0.394 e. The van der Waals surface area contributed by atoms with Crippen molar-refractivity contribution in [2.75, 3.05) is 13.2 Å². The zero-order valence-corrected chi connectivity index (χ0v) is 12.4. The third kappa shape index (κ3) is 2.34. The number of rotatable bonds is 2. The molecule has 1 amide bonds. The SMILES string of the molecule is O=C(c1cc(Br)c(Br)s1)N1CCCC1CO. The van der Waals surface area contributed by atoms with Gasteiger partial charge in [0, 0.05) is 11.0 Å². The second-order valence-electron chi connectivity index (χ2n) is 3.71. The van der Waals surface area contributed by atoms with Gasteiger partial charge in [0.15, 0.2) is 0 Å². The Morgan fingerprint density at radius 1 is 1.62 bits per heavy atom. The zero-order chi connectivity index (χ0) is 11.7. The maximum Gasteiger partial charge on any atom is 0.264 e. The highest BCUT2D eigenvalue weighted by Gasteiger charge is 2.29. The van der Waals surface area contributed by atoms with Crippen LogP contribution in [0.1, 0.15) is 22.5 Å². The number of amides is 1. The molecule has 2 rings (SSSR count). The summed E-state index contributed by atoms with van der Waals surface area (Å²) in [5.41, 5.74) is 0. The van der Waals surface area contributed by atoms with Gasteiger partial charge in [-0.3, -0.25) is 4.79 Å². The Morgan fingerprint density at radius 3 is 2.94 bits per heavy atom. The molecule has 6 heteroatoms. The van der Waals surface area contributed by atoms with E-state index in [0.29, 0.717) is 4.88 Å². The molecule has 1 aromatic heterocycles. The lowest BCUT2D eigenvalue weighted by molar-refractivity contribution is 0.0682. The van der Waals surface area contributed by atoms with Crippen LogP contribution in [0.3, 0.4) is 0 Å². The quantitative estimate of drug-likeness (QED) is 0.871. The van der Waals surface area contributed by atoms with Gasteiger partial charge < -0.3 is 10.0 Å². The predicted octanol–water partition coefficient (Wildman–Crippen LogP) is 2.87. The van der Waals surface area contributed by atoms with E-state index in [9.17, 15) is 9.90 Å². The van der Waals surface area contributed by atoms with E-state index < -0.39 is 0 Å². The van der Waals surface area contributed by atoms with Gasteiger partial charge in [-0.25, -0.2) is 0 Å². The van der Waals surface area contributed by atoms with Crippen molar-refractivity contribution in [3.8, 4) is 0 Å². The van der Waals surface area contributed by atoms with E-state index in [1.54, 1.807) is 4.90 Å². The Hall–Kier alpha value is 0.0900. The van der Waals surface area contributed by atoms with Crippen molar-refractivity contribution < 1.29 is 9.90 Å². The van der Waals surface area contributed by atoms with Crippen LogP contribution in [0, 0.1) is 0 Å². The average molecular weight is 369 g/mol. The molecule has 0 aliphatic carbocycles. The Kier molecular flexibility index (Phi) is 4.05. The lowest BCUT2D eigenvalue weighted by Crippen LogP contribution is -2.37. The van der Waals surface area contributed by atoms with E-state index >= 15 is 0 Å². The summed E-state index contributed by atoms with van der Waals surface area (Å²) >= 11 is 8.16. The summed E-state index contributed by atoms with van der Waals surface area (Å²) < 4.78 is 1.83. The molecule has 1 atom stereocenters. The van der Waals surface area contributed by atoms with E-state index in [-0.39, 0.29) is 18.6 Å². The molecule has 16 heavy (non-hydrogen) atoms. The number of hydrogen-bond donors (Lipinski definition) is 1. The number of thiophene rings is 1. The first-order chi connectivity index (χ1) is 7.63. The van der Waals surface area contributed by atoms with Crippen molar-refractivity contribution in [1.29, 1.82) is 0 Å². The first-order valence-corrected chi connectivity index (χ1v) is 7.40. The summed E-state index contributed by atoms with van der Waals surface area (Å²) in [6.07, 6.45) is 1.88. The van der Waals surface area contributed by atoms with E-state index in [1.807, 2.05) is 6.07 Å². The van der Waals surface area contributed by atoms with Gasteiger partial charge >= 0.3 is 0 Å². The molecular weight excluding hydrogens is 358 g/mol. The van der Waals surface area contributed by atoms with Crippen molar-refractivity contribution in [3.63, 3.8) is 0 Å². The molecule has 1 unspecified atom stereocenters. The molecule has 0 radical (unpaired) electrons. The number of aliphatic hydroxyl groups excluding tert-OH is 1. The topological polar surface area (TPSA) is 40.5 Å². The van der Waals surface area contributed by atoms with Crippen LogP contribution in [-0.4, -0.2) is 35.1 Å². The highest BCUT2D eigenvalue weighted by molar-refractivity contribution is 9.13. The van der Waals surface area contributed by atoms with Crippen LogP contribution in [0.4, 0.5) is 0 Å². The summed E-state index contributed by atoms with van der Waals surface area (Å²) in [5, 5.41) is 9.18. The molecule has 0 bridgehead atoms. The Bertz CT molecular complexity index is 388. The highest BCUT2D eigenvalue weighted by atomic mass is 79.9. The van der Waals surface area contributed by atoms with Crippen molar-refractivity contribution in [2.45, 2.75) is 18.9 Å². The number of hydrogen-bond acceptors (Lipinski definition) is 3. The van der Waals surface area contributed by atoms with Gasteiger partial charge in [0.1, 0.15) is 0 Å². The zero-order valence-electron chi connectivity index (χ0n) is 8.45. The van der Waals surface area contributed by atoms with E-state index in [1.165, 1.54) is 11.3 Å². The van der Waals surface area contributed by atoms with Gasteiger partial charge in [-0.05, 0) is 50.8 Å². The normalized spacial score (nSPS) is 20.4. The number of halogens is 2. The van der Waals surface area contributed by atoms with E-state index in [0.717, 1.165) is 27.6 Å². The second kappa shape index (κ2) is 5.16. The van der Waals surface area contributed by atoms with Crippen LogP contribution in [-0.2, 0) is 0 Å². The fourth-order valence-electron chi connectivity index (χ4n) is 1.89. The molecule has 1 aromatic rings. The van der Waals surface area contributed by atoms with Crippen LogP contribution >= 0.6 is 43.2 Å². The molecule has 1 aliphatic heterocycles. The van der Waals surface area contributed by atoms with Gasteiger partial charge in [-0.1, -0.05) is 0 Å². The third-order valence-electron chi connectivity index (χ3n) is 2.70. The summed E-state index contributed by atoms with van der Waals surface area (Å²) in [5.74, 6) is 0.0213. The fourth-order valence-corrected chi connectivity index (χ4v) is 3.88. The number of likely N-dealkylation sites (tertiary alicyclic amines) is 1. The highest BCUT2D eigenvalue weighted by Crippen LogP contribution is 2.34. The van der Waals surface area contributed by atoms with E-state index in [2.05, 4.69) is 31.9 Å². The Morgan fingerprint density at radius 2 is 2.38 bits per heavy atom. The molecule has 0 aromatic carbocycles. The van der Waals surface area contributed by atoms with Crippen LogP contribution in [0.5, 0.6) is 0 Å². The monoisotopic (exact) mass is 367 g/mol. The molecule has 1 fully saturated rings. The summed E-state index contributed by atoms with van der Waals surface area (Å²) in [6, 6.07) is 1.82. The lowest BCUT2D eigenvalue weighted by atomic mass is 10.2. The van der Waals surface area contributed by atoms with Gasteiger partial charge in [-0.2, -0.15) is 0 Å². The molecule has 1 aliphatic rings. The smallest absolute Gasteiger partial charge is 0.264 e. The first-order valence-electron chi connectivity index (χ1n) is 5.00. The minimum atomic E-state index is -0.00727. The largest absolute Gasteiger partial charge is 0.394 e. The number of carbonyl (C=O) groups excluding carboxylic acids is 1. The van der Waals surface area contributed by atoms with Crippen molar-refractivity contribution in [1.82, 2.24) is 4.90 Å². The van der Waals surface area contributed by atoms with E-state index in [4.69, 9.17) is 0 Å². The average Bonchev–Trinajstić information content (AvgIpc) is 2.85. The molecule has 0 saturated carbocycles. The minimum absolute atomic E-state index is 0.00727. The maximum absolute atomic E-state index is 12.2. The second-order valence-corrected chi connectivity index (χ2v) is 6.93. The van der Waals surface area contributed by atoms with Gasteiger partial charge in [-0.15, -0.1) is 11.3 Å². The Balaban J connectivity index is 2.18. The molecule has 1 N–H and O–H groups in total. The van der Waals surface area contributed by atoms with Gasteiger partial charge in [0.05, 0.1) is 21.3 Å². The van der Waals surface area contributed by atoms with Crippen molar-refractivity contribution in [2.24, 2.45) is 0 Å². The van der Waals surface area contributed by atoms with Crippen molar-refractivity contribution in [3.05, 3.63) is 19.2 Å². The van der Waals surface area contributed by atoms with Crippen LogP contribution in [0.2, 0.25) is 0 Å². The predicted molar refractivity (Wildman–Crippen MR) is 70.9 cm³/mol. The van der Waals surface area contributed by atoms with Crippen molar-refractivity contribution >= 4 is 49.1 Å². The van der Waals surface area contributed by atoms with Crippen LogP contribution < -0.4 is 0 Å². The summed E-state index contributed by atoms with van der Waals surface area (Å²) in [4.78, 5) is 14.6. The van der Waals surface area contributed by atoms with Crippen LogP contribution in [0.25, 0.3) is 0 Å². The standard InChI is InChI=1S/C10H11Br2NO2S/c11-7-4-8(16-9(7)12)10(15)13-3-1-2-6(13)5-14/h4,6,14H,1-3,5H2. The summed E-state index contributed by atoms with van der Waals surface area (Å²) in [7, 11) is 0. The summed E-state index contributed by atoms with van der Waals surface area (Å²) in [6.45, 7) is 0.802. The van der Waals surface area contributed by atoms with Crippen LogP contribution in [0.15, 0.2) is 14.3 Å². The third-order valence-corrected chi connectivity index (χ3v) is 5.95. The van der Waals surface area contributed by atoms with Gasteiger partial charge in [0.25, 0.3) is 5.91 Å².